The summed E-state index contributed by atoms with van der Waals surface area (Å²) in [5, 5.41) is 3.18. The topological polar surface area (TPSA) is 30.5 Å². The third-order valence-electron chi connectivity index (χ3n) is 4.24. The minimum absolute atomic E-state index is 0.0922. The number of morpholine rings is 1. The lowest BCUT2D eigenvalue weighted by atomic mass is 10.0. The number of rotatable bonds is 4. The molecule has 0 spiro atoms. The van der Waals surface area contributed by atoms with E-state index in [9.17, 15) is 26.3 Å². The number of nitrogens with one attached hydrogen (secondary N) is 1. The Morgan fingerprint density at radius 2 is 1.54 bits per heavy atom. The van der Waals surface area contributed by atoms with Gasteiger partial charge in [-0.05, 0) is 29.3 Å². The van der Waals surface area contributed by atoms with E-state index in [0.29, 0.717) is 25.3 Å². The number of hydrogen-bond acceptors (Lipinski definition) is 3. The lowest BCUT2D eigenvalue weighted by molar-refractivity contribution is -0.184. The van der Waals surface area contributed by atoms with Crippen molar-refractivity contribution in [3.63, 3.8) is 0 Å². The number of halogens is 6. The maximum absolute atomic E-state index is 13.0. The highest BCUT2D eigenvalue weighted by Crippen LogP contribution is 2.36. The van der Waals surface area contributed by atoms with Gasteiger partial charge in [0.2, 0.25) is 0 Å². The van der Waals surface area contributed by atoms with Crippen molar-refractivity contribution in [2.45, 2.75) is 31.3 Å². The van der Waals surface area contributed by atoms with Gasteiger partial charge in [-0.2, -0.15) is 26.3 Å². The van der Waals surface area contributed by atoms with Gasteiger partial charge in [-0.1, -0.05) is 30.3 Å². The minimum atomic E-state index is -4.90. The predicted molar refractivity (Wildman–Crippen MR) is 88.2 cm³/mol. The molecule has 0 aliphatic carbocycles. The molecule has 3 nitrogen and oxygen atoms in total. The number of alkyl halides is 6. The van der Waals surface area contributed by atoms with Crippen molar-refractivity contribution in [2.75, 3.05) is 13.2 Å². The molecule has 2 aromatic rings. The fourth-order valence-electron chi connectivity index (χ4n) is 2.94. The van der Waals surface area contributed by atoms with Gasteiger partial charge in [0, 0.05) is 6.54 Å². The highest BCUT2D eigenvalue weighted by molar-refractivity contribution is 5.33. The van der Waals surface area contributed by atoms with E-state index in [0.717, 1.165) is 5.56 Å². The smallest absolute Gasteiger partial charge is 0.349 e. The Labute approximate surface area is 157 Å². The van der Waals surface area contributed by atoms with Gasteiger partial charge in [-0.15, -0.1) is 0 Å². The van der Waals surface area contributed by atoms with E-state index < -0.39 is 36.4 Å². The zero-order valence-corrected chi connectivity index (χ0v) is 14.5. The van der Waals surface area contributed by atoms with E-state index in [2.05, 4.69) is 5.32 Å². The molecule has 152 valence electrons. The molecule has 1 aliphatic heterocycles. The molecule has 2 atom stereocenters. The van der Waals surface area contributed by atoms with Crippen LogP contribution in [0.15, 0.2) is 48.5 Å². The van der Waals surface area contributed by atoms with Crippen LogP contribution in [0.5, 0.6) is 0 Å². The molecule has 9 heteroatoms. The first kappa shape index (κ1) is 20.6. The second kappa shape index (κ2) is 8.10. The largest absolute Gasteiger partial charge is 0.416 e. The number of ether oxygens (including phenoxy) is 2. The summed E-state index contributed by atoms with van der Waals surface area (Å²) >= 11 is 0. The molecule has 0 aromatic heterocycles. The molecule has 0 saturated carbocycles. The van der Waals surface area contributed by atoms with Gasteiger partial charge in [0.25, 0.3) is 0 Å². The third-order valence-corrected chi connectivity index (χ3v) is 4.24. The molecule has 1 N–H and O–H groups in total. The van der Waals surface area contributed by atoms with Crippen LogP contribution in [-0.2, 0) is 28.4 Å². The molecule has 2 aromatic carbocycles. The molecule has 1 aliphatic rings. The summed E-state index contributed by atoms with van der Waals surface area (Å²) < 4.78 is 88.9. The summed E-state index contributed by atoms with van der Waals surface area (Å²) in [5.74, 6) is 0. The van der Waals surface area contributed by atoms with Gasteiger partial charge >= 0.3 is 12.4 Å². The monoisotopic (exact) mass is 405 g/mol. The van der Waals surface area contributed by atoms with Crippen molar-refractivity contribution in [3.05, 3.63) is 70.8 Å². The molecule has 3 rings (SSSR count). The molecule has 1 heterocycles. The highest BCUT2D eigenvalue weighted by atomic mass is 19.4. The molecule has 1 fully saturated rings. The van der Waals surface area contributed by atoms with Crippen LogP contribution >= 0.6 is 0 Å². The summed E-state index contributed by atoms with van der Waals surface area (Å²) in [6, 6.07) is 10.1. The van der Waals surface area contributed by atoms with E-state index >= 15 is 0 Å². The standard InChI is InChI=1S/C19H17F6NO2/c20-18(21,22)14-8-12(9-15(10-14)19(23,24)25)11-28-17-16(26-6-7-27-17)13-4-2-1-3-5-13/h1-5,8-10,16-17,26H,6-7,11H2/t16-,17+/m0/s1. The Morgan fingerprint density at radius 3 is 2.11 bits per heavy atom. The molecule has 0 bridgehead atoms. The summed E-state index contributed by atoms with van der Waals surface area (Å²) in [6.45, 7) is 0.397. The first-order valence-corrected chi connectivity index (χ1v) is 8.44. The second-order valence-corrected chi connectivity index (χ2v) is 6.31. The maximum Gasteiger partial charge on any atom is 0.416 e. The first-order valence-electron chi connectivity index (χ1n) is 8.44. The van der Waals surface area contributed by atoms with Crippen molar-refractivity contribution in [1.82, 2.24) is 5.32 Å². The molecule has 1 saturated heterocycles. The van der Waals surface area contributed by atoms with Crippen LogP contribution in [0.25, 0.3) is 0 Å². The van der Waals surface area contributed by atoms with Gasteiger partial charge in [-0.25, -0.2) is 0 Å². The van der Waals surface area contributed by atoms with Gasteiger partial charge < -0.3 is 14.8 Å². The molecule has 0 radical (unpaired) electrons. The fraction of sp³-hybridized carbons (Fsp3) is 0.368. The van der Waals surface area contributed by atoms with Crippen molar-refractivity contribution in [3.8, 4) is 0 Å². The van der Waals surface area contributed by atoms with E-state index in [-0.39, 0.29) is 17.7 Å². The van der Waals surface area contributed by atoms with Crippen molar-refractivity contribution >= 4 is 0 Å². The lowest BCUT2D eigenvalue weighted by Crippen LogP contribution is -2.43. The van der Waals surface area contributed by atoms with Crippen LogP contribution in [0.3, 0.4) is 0 Å². The Kier molecular flexibility index (Phi) is 5.97. The molecule has 28 heavy (non-hydrogen) atoms. The average Bonchev–Trinajstić information content (AvgIpc) is 2.66. The second-order valence-electron chi connectivity index (χ2n) is 6.31. The van der Waals surface area contributed by atoms with Gasteiger partial charge in [0.15, 0.2) is 6.29 Å². The molecular weight excluding hydrogens is 388 g/mol. The summed E-state index contributed by atoms with van der Waals surface area (Å²) in [4.78, 5) is 0. The Hall–Kier alpha value is -2.10. The maximum atomic E-state index is 13.0. The summed E-state index contributed by atoms with van der Waals surface area (Å²) in [5.41, 5.74) is -2.14. The van der Waals surface area contributed by atoms with Crippen LogP contribution in [0.1, 0.15) is 28.3 Å². The Balaban J connectivity index is 1.81. The van der Waals surface area contributed by atoms with Crippen LogP contribution in [-0.4, -0.2) is 19.4 Å². The van der Waals surface area contributed by atoms with Gasteiger partial charge in [-0.3, -0.25) is 0 Å². The third kappa shape index (κ3) is 5.03. The fourth-order valence-corrected chi connectivity index (χ4v) is 2.94. The first-order chi connectivity index (χ1) is 13.1. The Bertz CT molecular complexity index is 759. The minimum Gasteiger partial charge on any atom is -0.349 e. The van der Waals surface area contributed by atoms with Crippen molar-refractivity contribution in [1.29, 1.82) is 0 Å². The number of hydrogen-bond donors (Lipinski definition) is 1. The van der Waals surface area contributed by atoms with Gasteiger partial charge in [0.1, 0.15) is 0 Å². The normalized spacial score (nSPS) is 20.9. The molecular formula is C19H17F6NO2. The summed E-state index contributed by atoms with van der Waals surface area (Å²) in [7, 11) is 0. The number of benzene rings is 2. The van der Waals surface area contributed by atoms with Gasteiger partial charge in [0.05, 0.1) is 30.4 Å². The lowest BCUT2D eigenvalue weighted by Gasteiger charge is -2.33. The zero-order chi connectivity index (χ0) is 20.4. The predicted octanol–water partition coefficient (Wildman–Crippen LogP) is 4.93. The van der Waals surface area contributed by atoms with Crippen LogP contribution in [0.4, 0.5) is 26.3 Å². The highest BCUT2D eigenvalue weighted by Gasteiger charge is 2.37. The molecule has 0 amide bonds. The van der Waals surface area contributed by atoms with Crippen LogP contribution in [0.2, 0.25) is 0 Å². The molecule has 0 unspecified atom stereocenters. The Morgan fingerprint density at radius 1 is 0.929 bits per heavy atom. The van der Waals surface area contributed by atoms with Crippen molar-refractivity contribution in [2.24, 2.45) is 0 Å². The van der Waals surface area contributed by atoms with E-state index in [4.69, 9.17) is 9.47 Å². The zero-order valence-electron chi connectivity index (χ0n) is 14.5. The van der Waals surface area contributed by atoms with E-state index in [1.54, 1.807) is 0 Å². The van der Waals surface area contributed by atoms with Crippen LogP contribution < -0.4 is 5.32 Å². The van der Waals surface area contributed by atoms with Crippen LogP contribution in [0, 0.1) is 0 Å². The average molecular weight is 405 g/mol. The SMILES string of the molecule is FC(F)(F)c1cc(CO[C@H]2OCCN[C@H]2c2ccccc2)cc(C(F)(F)F)c1. The van der Waals surface area contributed by atoms with E-state index in [1.165, 1.54) is 0 Å². The van der Waals surface area contributed by atoms with Crippen molar-refractivity contribution < 1.29 is 35.8 Å². The van der Waals surface area contributed by atoms with E-state index in [1.807, 2.05) is 30.3 Å². The quantitative estimate of drug-likeness (QED) is 0.732. The summed E-state index contributed by atoms with van der Waals surface area (Å²) in [6.07, 6.45) is -10.6.